The van der Waals surface area contributed by atoms with E-state index in [1.807, 2.05) is 0 Å². The molecule has 1 saturated heterocycles. The van der Waals surface area contributed by atoms with Crippen molar-refractivity contribution in [2.75, 3.05) is 44.7 Å². The highest BCUT2D eigenvalue weighted by atomic mass is 35.5. The fraction of sp³-hybridized carbons (Fsp3) is 0.429. The van der Waals surface area contributed by atoms with Crippen LogP contribution in [0.2, 0.25) is 10.0 Å². The fourth-order valence-corrected chi connectivity index (χ4v) is 4.12. The Bertz CT molecular complexity index is 980. The maximum Gasteiger partial charge on any atom is 0.260 e. The lowest BCUT2D eigenvalue weighted by atomic mass is 10.1. The first-order valence-electron chi connectivity index (χ1n) is 10.1. The summed E-state index contributed by atoms with van der Waals surface area (Å²) in [7, 11) is 0. The first-order valence-corrected chi connectivity index (χ1v) is 10.8. The van der Waals surface area contributed by atoms with Crippen LogP contribution in [0.1, 0.15) is 35.3 Å². The summed E-state index contributed by atoms with van der Waals surface area (Å²) in [6, 6.07) is 3.61. The third-order valence-electron chi connectivity index (χ3n) is 5.08. The molecule has 1 amide bonds. The van der Waals surface area contributed by atoms with Crippen LogP contribution < -0.4 is 16.2 Å². The molecule has 1 atom stereocenters. The summed E-state index contributed by atoms with van der Waals surface area (Å²) in [5.74, 6) is -1.03. The number of carbonyl (C=O) groups excluding carboxylic acids is 1. The van der Waals surface area contributed by atoms with Gasteiger partial charge in [0.15, 0.2) is 0 Å². The number of H-pyrrole nitrogens is 1. The highest BCUT2D eigenvalue weighted by molar-refractivity contribution is 6.36. The molecule has 1 aromatic carbocycles. The maximum absolute atomic E-state index is 13.8. The molecule has 168 valence electrons. The van der Waals surface area contributed by atoms with E-state index in [-0.39, 0.29) is 10.6 Å². The zero-order valence-electron chi connectivity index (χ0n) is 17.1. The molecule has 0 bridgehead atoms. The van der Waals surface area contributed by atoms with E-state index in [2.05, 4.69) is 20.5 Å². The van der Waals surface area contributed by atoms with Crippen LogP contribution in [0.3, 0.4) is 0 Å². The normalized spacial score (nSPS) is 15.5. The van der Waals surface area contributed by atoms with Crippen LogP contribution in [0.25, 0.3) is 0 Å². The van der Waals surface area contributed by atoms with Crippen molar-refractivity contribution in [3.05, 3.63) is 61.7 Å². The molecule has 0 radical (unpaired) electrons. The first-order chi connectivity index (χ1) is 14.9. The maximum atomic E-state index is 13.8. The molecule has 0 saturated carbocycles. The van der Waals surface area contributed by atoms with Crippen molar-refractivity contribution in [2.24, 2.45) is 0 Å². The summed E-state index contributed by atoms with van der Waals surface area (Å²) in [6.07, 6.45) is 2.21. The van der Waals surface area contributed by atoms with E-state index in [1.54, 1.807) is 6.92 Å². The van der Waals surface area contributed by atoms with Gasteiger partial charge in [0.05, 0.1) is 30.0 Å². The van der Waals surface area contributed by atoms with Gasteiger partial charge in [-0.15, -0.1) is 0 Å². The van der Waals surface area contributed by atoms with Gasteiger partial charge in [0.25, 0.3) is 11.5 Å². The summed E-state index contributed by atoms with van der Waals surface area (Å²) in [5.41, 5.74) is 0.358. The van der Waals surface area contributed by atoms with Gasteiger partial charge in [0.1, 0.15) is 11.4 Å². The summed E-state index contributed by atoms with van der Waals surface area (Å²) >= 11 is 12.2. The van der Waals surface area contributed by atoms with E-state index in [9.17, 15) is 14.0 Å². The number of hydrogen-bond donors (Lipinski definition) is 3. The van der Waals surface area contributed by atoms with Gasteiger partial charge in [-0.3, -0.25) is 14.5 Å². The molecule has 2 heterocycles. The number of ether oxygens (including phenoxy) is 1. The van der Waals surface area contributed by atoms with Gasteiger partial charge in [-0.05, 0) is 38.1 Å². The van der Waals surface area contributed by atoms with E-state index in [0.29, 0.717) is 22.8 Å². The molecule has 0 spiro atoms. The Hall–Kier alpha value is -2.13. The van der Waals surface area contributed by atoms with Crippen molar-refractivity contribution in [3.63, 3.8) is 0 Å². The quantitative estimate of drug-likeness (QED) is 0.406. The number of aromatic nitrogens is 1. The van der Waals surface area contributed by atoms with Crippen LogP contribution in [-0.2, 0) is 4.74 Å². The molecule has 1 aromatic heterocycles. The van der Waals surface area contributed by atoms with E-state index >= 15 is 0 Å². The Morgan fingerprint density at radius 1 is 1.32 bits per heavy atom. The minimum Gasteiger partial charge on any atom is -0.379 e. The highest BCUT2D eigenvalue weighted by Gasteiger charge is 2.18. The molecule has 0 aliphatic carbocycles. The number of morpholine rings is 1. The number of halogens is 3. The van der Waals surface area contributed by atoms with Gasteiger partial charge < -0.3 is 20.4 Å². The van der Waals surface area contributed by atoms with Crippen molar-refractivity contribution in [2.45, 2.75) is 19.4 Å². The summed E-state index contributed by atoms with van der Waals surface area (Å²) in [4.78, 5) is 29.5. The second-order valence-electron chi connectivity index (χ2n) is 7.32. The Morgan fingerprint density at radius 2 is 2.06 bits per heavy atom. The first kappa shape index (κ1) is 23.5. The Morgan fingerprint density at radius 3 is 2.81 bits per heavy atom. The Balaban J connectivity index is 1.61. The highest BCUT2D eigenvalue weighted by Crippen LogP contribution is 2.33. The van der Waals surface area contributed by atoms with Gasteiger partial charge in [-0.25, -0.2) is 4.39 Å². The third-order valence-corrected chi connectivity index (χ3v) is 5.80. The summed E-state index contributed by atoms with van der Waals surface area (Å²) < 4.78 is 19.1. The predicted molar refractivity (Wildman–Crippen MR) is 120 cm³/mol. The number of carbonyl (C=O) groups is 1. The van der Waals surface area contributed by atoms with E-state index in [4.69, 9.17) is 27.9 Å². The van der Waals surface area contributed by atoms with Crippen molar-refractivity contribution in [1.29, 1.82) is 0 Å². The van der Waals surface area contributed by atoms with Crippen LogP contribution >= 0.6 is 23.2 Å². The number of amides is 1. The number of nitrogens with zero attached hydrogens (tertiary/aromatic N) is 1. The molecule has 1 fully saturated rings. The zero-order valence-corrected chi connectivity index (χ0v) is 18.7. The number of benzene rings is 1. The second kappa shape index (κ2) is 10.9. The van der Waals surface area contributed by atoms with Gasteiger partial charge in [0.2, 0.25) is 0 Å². The number of anilines is 1. The molecule has 3 N–H and O–H groups in total. The lowest BCUT2D eigenvalue weighted by Crippen LogP contribution is -2.38. The SMILES string of the molecule is C[C@@H](Nc1c[nH]c(=O)c(C(=O)NCCCN2CCOCC2)c1)c1c(Cl)ccc(F)c1Cl. The average molecular weight is 471 g/mol. The standard InChI is InChI=1S/C21H25Cl2FN4O3/c1-13(18-16(22)3-4-17(24)19(18)23)27-14-11-15(21(30)26-12-14)20(29)25-5-2-6-28-7-9-31-10-8-28/h3-4,11-13,27H,2,5-10H2,1H3,(H,25,29)(H,26,30)/t13-/m1/s1. The molecule has 7 nitrogen and oxygen atoms in total. The number of nitrogens with one attached hydrogen (secondary N) is 3. The molecule has 0 unspecified atom stereocenters. The number of hydrogen-bond acceptors (Lipinski definition) is 5. The van der Waals surface area contributed by atoms with Crippen LogP contribution in [0.15, 0.2) is 29.2 Å². The topological polar surface area (TPSA) is 86.5 Å². The molecule has 1 aliphatic heterocycles. The minimum atomic E-state index is -0.576. The fourth-order valence-electron chi connectivity index (χ4n) is 3.42. The number of pyridine rings is 1. The molecule has 2 aromatic rings. The average Bonchev–Trinajstić information content (AvgIpc) is 2.76. The van der Waals surface area contributed by atoms with Gasteiger partial charge >= 0.3 is 0 Å². The third kappa shape index (κ3) is 6.20. The molecule has 1 aliphatic rings. The molecule has 3 rings (SSSR count). The zero-order chi connectivity index (χ0) is 22.4. The Labute approximate surface area is 189 Å². The molecule has 10 heteroatoms. The molecule has 31 heavy (non-hydrogen) atoms. The van der Waals surface area contributed by atoms with Crippen molar-refractivity contribution in [3.8, 4) is 0 Å². The van der Waals surface area contributed by atoms with Crippen LogP contribution in [0.5, 0.6) is 0 Å². The largest absolute Gasteiger partial charge is 0.379 e. The lowest BCUT2D eigenvalue weighted by Gasteiger charge is -2.26. The summed E-state index contributed by atoms with van der Waals surface area (Å²) in [5, 5.41) is 6.12. The molecular weight excluding hydrogens is 446 g/mol. The van der Waals surface area contributed by atoms with Crippen LogP contribution in [0, 0.1) is 5.82 Å². The predicted octanol–water partition coefficient (Wildman–Crippen LogP) is 3.45. The Kier molecular flexibility index (Phi) is 8.31. The van der Waals surface area contributed by atoms with Crippen molar-refractivity contribution < 1.29 is 13.9 Å². The lowest BCUT2D eigenvalue weighted by molar-refractivity contribution is 0.0374. The van der Waals surface area contributed by atoms with Crippen LogP contribution in [-0.4, -0.2) is 55.2 Å². The van der Waals surface area contributed by atoms with Crippen LogP contribution in [0.4, 0.5) is 10.1 Å². The summed E-state index contributed by atoms with van der Waals surface area (Å²) in [6.45, 7) is 6.30. The minimum absolute atomic E-state index is 0.0139. The monoisotopic (exact) mass is 470 g/mol. The van der Waals surface area contributed by atoms with Gasteiger partial charge in [0, 0.05) is 36.4 Å². The second-order valence-corrected chi connectivity index (χ2v) is 8.10. The van der Waals surface area contributed by atoms with Gasteiger partial charge in [-0.1, -0.05) is 23.2 Å². The van der Waals surface area contributed by atoms with E-state index in [1.165, 1.54) is 24.4 Å². The van der Waals surface area contributed by atoms with E-state index in [0.717, 1.165) is 39.3 Å². The van der Waals surface area contributed by atoms with E-state index < -0.39 is 23.3 Å². The smallest absolute Gasteiger partial charge is 0.260 e. The van der Waals surface area contributed by atoms with Crippen molar-refractivity contribution >= 4 is 34.8 Å². The van der Waals surface area contributed by atoms with Gasteiger partial charge in [-0.2, -0.15) is 0 Å². The number of aromatic amines is 1. The molecular formula is C21H25Cl2FN4O3. The van der Waals surface area contributed by atoms with Crippen molar-refractivity contribution in [1.82, 2.24) is 15.2 Å². The number of rotatable bonds is 8.